The zero-order chi connectivity index (χ0) is 36.3. The fourth-order valence-corrected chi connectivity index (χ4v) is 6.66. The highest BCUT2D eigenvalue weighted by atomic mass is 35.5. The van der Waals surface area contributed by atoms with Gasteiger partial charge in [0.05, 0.1) is 25.9 Å². The van der Waals surface area contributed by atoms with Crippen LogP contribution in [0.25, 0.3) is 0 Å². The molecule has 1 fully saturated rings. The number of carbonyl (C=O) groups excluding carboxylic acids is 2. The van der Waals surface area contributed by atoms with Gasteiger partial charge in [-0.2, -0.15) is 0 Å². The standard InChI is InChI=1S/C44H41ClO7/c1-3-39(47)52-40-30(2)24-35(45)25-36(40)41-43(49-28-32-18-10-5-11-19-32)44(50-29-33-20-12-6-13-21-33)42(48-27-31-16-8-4-9-17-31)38(51-41)26-37(46)34-22-14-7-15-23-34/h3-25,38,41-44H,1,26-29H2,2H3/t38-,41-,42-,43-,44-/m1/s1. The molecule has 0 bridgehead atoms. The first-order chi connectivity index (χ1) is 25.4. The quantitative estimate of drug-likeness (QED) is 0.0463. The van der Waals surface area contributed by atoms with Crippen LogP contribution in [0.4, 0.5) is 0 Å². The molecular weight excluding hydrogens is 676 g/mol. The highest BCUT2D eigenvalue weighted by Crippen LogP contribution is 2.44. The van der Waals surface area contributed by atoms with E-state index >= 15 is 0 Å². The van der Waals surface area contributed by atoms with Gasteiger partial charge in [0, 0.05) is 28.6 Å². The first-order valence-electron chi connectivity index (χ1n) is 17.2. The van der Waals surface area contributed by atoms with E-state index in [-0.39, 0.29) is 37.8 Å². The van der Waals surface area contributed by atoms with Crippen molar-refractivity contribution in [3.8, 4) is 5.75 Å². The lowest BCUT2D eigenvalue weighted by Crippen LogP contribution is -2.57. The van der Waals surface area contributed by atoms with Crippen LogP contribution in [0, 0.1) is 6.92 Å². The van der Waals surface area contributed by atoms with E-state index in [1.165, 1.54) is 0 Å². The predicted octanol–water partition coefficient (Wildman–Crippen LogP) is 9.21. The first-order valence-corrected chi connectivity index (χ1v) is 17.6. The molecule has 0 aromatic heterocycles. The third kappa shape index (κ3) is 9.50. The summed E-state index contributed by atoms with van der Waals surface area (Å²) in [4.78, 5) is 26.6. The summed E-state index contributed by atoms with van der Waals surface area (Å²) in [7, 11) is 0. The maximum absolute atomic E-state index is 13.9. The Balaban J connectivity index is 1.47. The van der Waals surface area contributed by atoms with Crippen LogP contribution in [0.1, 0.15) is 50.7 Å². The van der Waals surface area contributed by atoms with Crippen molar-refractivity contribution in [3.63, 3.8) is 0 Å². The molecule has 7 nitrogen and oxygen atoms in total. The number of esters is 1. The predicted molar refractivity (Wildman–Crippen MR) is 200 cm³/mol. The van der Waals surface area contributed by atoms with Gasteiger partial charge in [-0.3, -0.25) is 4.79 Å². The lowest BCUT2D eigenvalue weighted by Gasteiger charge is -2.46. The van der Waals surface area contributed by atoms with E-state index in [0.29, 0.717) is 21.7 Å². The summed E-state index contributed by atoms with van der Waals surface area (Å²) in [5.41, 5.74) is 4.48. The van der Waals surface area contributed by atoms with Crippen molar-refractivity contribution in [1.29, 1.82) is 0 Å². The van der Waals surface area contributed by atoms with Gasteiger partial charge >= 0.3 is 5.97 Å². The number of aryl methyl sites for hydroxylation is 1. The van der Waals surface area contributed by atoms with Crippen molar-refractivity contribution < 1.29 is 33.3 Å². The van der Waals surface area contributed by atoms with Gasteiger partial charge in [-0.1, -0.05) is 140 Å². The van der Waals surface area contributed by atoms with Gasteiger partial charge < -0.3 is 23.7 Å². The van der Waals surface area contributed by atoms with E-state index in [0.717, 1.165) is 22.8 Å². The number of ether oxygens (including phenoxy) is 5. The van der Waals surface area contributed by atoms with E-state index in [9.17, 15) is 9.59 Å². The number of rotatable bonds is 15. The Hall–Kier alpha value is -4.89. The molecule has 1 saturated heterocycles. The van der Waals surface area contributed by atoms with Crippen LogP contribution in [0.5, 0.6) is 5.75 Å². The second-order valence-electron chi connectivity index (χ2n) is 12.6. The fourth-order valence-electron chi connectivity index (χ4n) is 6.38. The monoisotopic (exact) mass is 716 g/mol. The summed E-state index contributed by atoms with van der Waals surface area (Å²) in [5, 5.41) is 0.414. The summed E-state index contributed by atoms with van der Waals surface area (Å²) >= 11 is 6.69. The summed E-state index contributed by atoms with van der Waals surface area (Å²) < 4.78 is 33.2. The molecule has 0 amide bonds. The van der Waals surface area contributed by atoms with E-state index in [1.54, 1.807) is 31.2 Å². The van der Waals surface area contributed by atoms with Gasteiger partial charge in [0.1, 0.15) is 30.2 Å². The Morgan fingerprint density at radius 2 is 1.17 bits per heavy atom. The van der Waals surface area contributed by atoms with Gasteiger partial charge in [0.15, 0.2) is 5.78 Å². The Morgan fingerprint density at radius 1 is 0.692 bits per heavy atom. The van der Waals surface area contributed by atoms with Gasteiger partial charge in [-0.15, -0.1) is 0 Å². The maximum Gasteiger partial charge on any atom is 0.335 e. The Kier molecular flexibility index (Phi) is 12.8. The lowest BCUT2D eigenvalue weighted by molar-refractivity contribution is -0.266. The van der Waals surface area contributed by atoms with E-state index in [4.69, 9.17) is 35.3 Å². The molecule has 5 atom stereocenters. The Bertz CT molecular complexity index is 1920. The van der Waals surface area contributed by atoms with Crippen LogP contribution in [0.15, 0.2) is 146 Å². The highest BCUT2D eigenvalue weighted by Gasteiger charge is 2.50. The smallest absolute Gasteiger partial charge is 0.335 e. The molecule has 52 heavy (non-hydrogen) atoms. The SMILES string of the molecule is C=CC(=O)Oc1c(C)cc(Cl)cc1[C@H]1O[C@H](CC(=O)c2ccccc2)[C@@H](OCc2ccccc2)[C@@H](OCc2ccccc2)[C@@H]1OCc1ccccc1. The fraction of sp³-hybridized carbons (Fsp3) is 0.227. The van der Waals surface area contributed by atoms with Gasteiger partial charge in [0.25, 0.3) is 0 Å². The molecule has 266 valence electrons. The molecule has 0 saturated carbocycles. The zero-order valence-corrected chi connectivity index (χ0v) is 29.7. The minimum Gasteiger partial charge on any atom is -0.423 e. The number of hydrogen-bond donors (Lipinski definition) is 0. The second kappa shape index (κ2) is 18.0. The number of hydrogen-bond acceptors (Lipinski definition) is 7. The molecule has 0 radical (unpaired) electrons. The molecule has 1 aliphatic rings. The minimum absolute atomic E-state index is 0.0160. The summed E-state index contributed by atoms with van der Waals surface area (Å²) in [6.07, 6.45) is -2.95. The largest absolute Gasteiger partial charge is 0.423 e. The normalized spacial score (nSPS) is 19.8. The molecule has 0 spiro atoms. The zero-order valence-electron chi connectivity index (χ0n) is 28.9. The molecular formula is C44H41ClO7. The third-order valence-corrected chi connectivity index (χ3v) is 9.13. The lowest BCUT2D eigenvalue weighted by atomic mass is 9.87. The molecule has 0 aliphatic carbocycles. The second-order valence-corrected chi connectivity index (χ2v) is 13.1. The molecule has 8 heteroatoms. The van der Waals surface area contributed by atoms with Gasteiger partial charge in [0.2, 0.25) is 0 Å². The first kappa shape index (κ1) is 36.9. The van der Waals surface area contributed by atoms with Crippen LogP contribution >= 0.6 is 11.6 Å². The van der Waals surface area contributed by atoms with Crippen LogP contribution in [0.2, 0.25) is 5.02 Å². The van der Waals surface area contributed by atoms with Gasteiger partial charge in [-0.25, -0.2) is 4.79 Å². The summed E-state index contributed by atoms with van der Waals surface area (Å²) in [6.45, 7) is 6.09. The molecule has 5 aromatic rings. The number of ketones is 1. The molecule has 1 aliphatic heterocycles. The number of benzene rings is 5. The summed E-state index contributed by atoms with van der Waals surface area (Å²) in [5.74, 6) is -0.490. The summed E-state index contributed by atoms with van der Waals surface area (Å²) in [6, 6.07) is 41.9. The van der Waals surface area contributed by atoms with E-state index in [1.807, 2.05) is 109 Å². The average molecular weight is 717 g/mol. The number of Topliss-reactive ketones (excluding diaryl/α,β-unsaturated/α-hetero) is 1. The average Bonchev–Trinajstić information content (AvgIpc) is 3.18. The Labute approximate surface area is 309 Å². The number of halogens is 1. The van der Waals surface area contributed by atoms with E-state index < -0.39 is 36.5 Å². The van der Waals surface area contributed by atoms with E-state index in [2.05, 4.69) is 6.58 Å². The molecule has 5 aromatic carbocycles. The van der Waals surface area contributed by atoms with Crippen LogP contribution in [-0.4, -0.2) is 36.2 Å². The minimum atomic E-state index is -0.903. The molecule has 0 N–H and O–H groups in total. The van der Waals surface area contributed by atoms with Crippen molar-refractivity contribution in [2.75, 3.05) is 0 Å². The topological polar surface area (TPSA) is 80.3 Å². The highest BCUT2D eigenvalue weighted by molar-refractivity contribution is 6.30. The van der Waals surface area contributed by atoms with Crippen molar-refractivity contribution in [2.45, 2.75) is 63.7 Å². The maximum atomic E-state index is 13.9. The Morgan fingerprint density at radius 3 is 1.69 bits per heavy atom. The molecule has 1 heterocycles. The third-order valence-electron chi connectivity index (χ3n) is 8.92. The van der Waals surface area contributed by atoms with Gasteiger partial charge in [-0.05, 0) is 41.3 Å². The van der Waals surface area contributed by atoms with Crippen molar-refractivity contribution in [2.24, 2.45) is 0 Å². The number of carbonyl (C=O) groups is 2. The molecule has 0 unspecified atom stereocenters. The van der Waals surface area contributed by atoms with Crippen LogP contribution < -0.4 is 4.74 Å². The van der Waals surface area contributed by atoms with Crippen LogP contribution in [-0.2, 0) is 43.6 Å². The van der Waals surface area contributed by atoms with Crippen molar-refractivity contribution >= 4 is 23.4 Å². The van der Waals surface area contributed by atoms with Crippen molar-refractivity contribution in [3.05, 3.63) is 185 Å². The van der Waals surface area contributed by atoms with Crippen molar-refractivity contribution in [1.82, 2.24) is 0 Å². The molecule has 6 rings (SSSR count). The van der Waals surface area contributed by atoms with Crippen LogP contribution in [0.3, 0.4) is 0 Å².